The molecule has 1 unspecified atom stereocenters. The highest BCUT2D eigenvalue weighted by atomic mass is 16.7. The minimum atomic E-state index is -0.417. The second kappa shape index (κ2) is 21.1. The molecule has 29 heavy (non-hydrogen) atoms. The Morgan fingerprint density at radius 2 is 1.00 bits per heavy atom. The van der Waals surface area contributed by atoms with Crippen molar-refractivity contribution in [3.63, 3.8) is 0 Å². The highest BCUT2D eigenvalue weighted by Crippen LogP contribution is 2.36. The van der Waals surface area contributed by atoms with Gasteiger partial charge in [-0.25, -0.2) is 0 Å². The number of methoxy groups -OCH3 is 3. The molecule has 3 nitrogen and oxygen atoms in total. The van der Waals surface area contributed by atoms with E-state index in [1.54, 1.807) is 7.11 Å². The predicted octanol–water partition coefficient (Wildman–Crippen LogP) is 8.30. The van der Waals surface area contributed by atoms with Crippen LogP contribution in [0.2, 0.25) is 0 Å². The fraction of sp³-hybridized carbons (Fsp3) is 1.00. The Morgan fingerprint density at radius 3 is 1.48 bits per heavy atom. The van der Waals surface area contributed by atoms with Gasteiger partial charge in [-0.15, -0.1) is 0 Å². The number of unbranched alkanes of at least 4 members (excludes halogenated alkanes) is 12. The van der Waals surface area contributed by atoms with Crippen LogP contribution in [0.4, 0.5) is 0 Å². The van der Waals surface area contributed by atoms with E-state index in [9.17, 15) is 0 Å². The lowest BCUT2D eigenvalue weighted by Gasteiger charge is -2.39. The number of hydrogen-bond donors (Lipinski definition) is 0. The molecule has 0 saturated carbocycles. The van der Waals surface area contributed by atoms with Crippen molar-refractivity contribution in [2.45, 2.75) is 135 Å². The zero-order valence-electron chi connectivity index (χ0n) is 20.7. The van der Waals surface area contributed by atoms with E-state index in [0.29, 0.717) is 5.92 Å². The molecular formula is C26H54O3. The third-order valence-electron chi connectivity index (χ3n) is 6.50. The maximum Gasteiger partial charge on any atom is 0.170 e. The van der Waals surface area contributed by atoms with Crippen LogP contribution < -0.4 is 0 Å². The minimum absolute atomic E-state index is 0.417. The van der Waals surface area contributed by atoms with Crippen molar-refractivity contribution < 1.29 is 14.2 Å². The summed E-state index contributed by atoms with van der Waals surface area (Å²) in [7, 11) is 5.49. The molecule has 0 aromatic rings. The Kier molecular flexibility index (Phi) is 21.0. The molecule has 0 radical (unpaired) electrons. The molecule has 0 aromatic carbocycles. The summed E-state index contributed by atoms with van der Waals surface area (Å²) in [5.41, 5.74) is 0. The molecule has 0 N–H and O–H groups in total. The number of rotatable bonds is 23. The lowest BCUT2D eigenvalue weighted by molar-refractivity contribution is -0.247. The third kappa shape index (κ3) is 14.5. The van der Waals surface area contributed by atoms with E-state index in [-0.39, 0.29) is 0 Å². The smallest absolute Gasteiger partial charge is 0.170 e. The summed E-state index contributed by atoms with van der Waals surface area (Å²) in [6, 6.07) is 0. The van der Waals surface area contributed by atoms with Gasteiger partial charge in [0, 0.05) is 40.3 Å². The van der Waals surface area contributed by atoms with Gasteiger partial charge in [0.1, 0.15) is 0 Å². The summed E-state index contributed by atoms with van der Waals surface area (Å²) in [5, 5.41) is 0. The van der Waals surface area contributed by atoms with Crippen LogP contribution in [0.1, 0.15) is 129 Å². The van der Waals surface area contributed by atoms with E-state index in [0.717, 1.165) is 25.9 Å². The van der Waals surface area contributed by atoms with Crippen molar-refractivity contribution in [1.82, 2.24) is 0 Å². The molecule has 0 heterocycles. The van der Waals surface area contributed by atoms with Gasteiger partial charge in [0.2, 0.25) is 0 Å². The molecule has 176 valence electrons. The Morgan fingerprint density at radius 1 is 0.552 bits per heavy atom. The summed E-state index contributed by atoms with van der Waals surface area (Å²) in [6.07, 6.45) is 23.2. The summed E-state index contributed by atoms with van der Waals surface area (Å²) in [6.45, 7) is 5.39. The molecule has 0 aromatic heterocycles. The summed E-state index contributed by atoms with van der Waals surface area (Å²) in [4.78, 5) is 0. The number of ether oxygens (including phenoxy) is 3. The Labute approximate surface area is 183 Å². The Hall–Kier alpha value is -0.120. The van der Waals surface area contributed by atoms with Crippen molar-refractivity contribution in [1.29, 1.82) is 0 Å². The lowest BCUT2D eigenvalue weighted by atomic mass is 9.84. The second-order valence-electron chi connectivity index (χ2n) is 8.83. The molecule has 0 aliphatic carbocycles. The fourth-order valence-electron chi connectivity index (χ4n) is 4.56. The second-order valence-corrected chi connectivity index (χ2v) is 8.83. The minimum Gasteiger partial charge on any atom is -0.385 e. The zero-order valence-corrected chi connectivity index (χ0v) is 20.7. The molecule has 0 fully saturated rings. The summed E-state index contributed by atoms with van der Waals surface area (Å²) < 4.78 is 17.5. The first-order valence-corrected chi connectivity index (χ1v) is 12.8. The summed E-state index contributed by atoms with van der Waals surface area (Å²) in [5.74, 6) is 0.0442. The average molecular weight is 415 g/mol. The van der Waals surface area contributed by atoms with Crippen LogP contribution in [0.5, 0.6) is 0 Å². The van der Waals surface area contributed by atoms with Crippen LogP contribution >= 0.6 is 0 Å². The molecular weight excluding hydrogens is 360 g/mol. The van der Waals surface area contributed by atoms with Gasteiger partial charge >= 0.3 is 0 Å². The van der Waals surface area contributed by atoms with E-state index in [2.05, 4.69) is 13.8 Å². The SMILES string of the molecule is CCCCCCCCCCC(OC)(OC)C(CCCCCCCC)CCCOC. The van der Waals surface area contributed by atoms with Crippen LogP contribution in [0.3, 0.4) is 0 Å². The topological polar surface area (TPSA) is 27.7 Å². The molecule has 1 atom stereocenters. The molecule has 0 aliphatic heterocycles. The van der Waals surface area contributed by atoms with Gasteiger partial charge in [0.05, 0.1) is 0 Å². The predicted molar refractivity (Wildman–Crippen MR) is 127 cm³/mol. The summed E-state index contributed by atoms with van der Waals surface area (Å²) >= 11 is 0. The average Bonchev–Trinajstić information content (AvgIpc) is 2.74. The first kappa shape index (κ1) is 28.9. The van der Waals surface area contributed by atoms with Gasteiger partial charge in [-0.3, -0.25) is 0 Å². The lowest BCUT2D eigenvalue weighted by Crippen LogP contribution is -2.42. The van der Waals surface area contributed by atoms with E-state index in [1.165, 1.54) is 96.3 Å². The van der Waals surface area contributed by atoms with Gasteiger partial charge in [-0.2, -0.15) is 0 Å². The van der Waals surface area contributed by atoms with E-state index >= 15 is 0 Å². The van der Waals surface area contributed by atoms with Crippen molar-refractivity contribution in [2.75, 3.05) is 27.9 Å². The van der Waals surface area contributed by atoms with Crippen LogP contribution in [0.25, 0.3) is 0 Å². The fourth-order valence-corrected chi connectivity index (χ4v) is 4.56. The van der Waals surface area contributed by atoms with Crippen molar-refractivity contribution in [3.05, 3.63) is 0 Å². The normalized spacial score (nSPS) is 13.1. The van der Waals surface area contributed by atoms with Crippen LogP contribution in [-0.4, -0.2) is 33.7 Å². The van der Waals surface area contributed by atoms with Gasteiger partial charge < -0.3 is 14.2 Å². The van der Waals surface area contributed by atoms with E-state index < -0.39 is 5.79 Å². The standard InChI is InChI=1S/C26H54O3/c1-6-8-10-12-14-15-17-19-23-26(28-4,29-5)25(22-20-24-27-3)21-18-16-13-11-9-7-2/h25H,6-24H2,1-5H3. The first-order valence-electron chi connectivity index (χ1n) is 12.8. The zero-order chi connectivity index (χ0) is 21.6. The van der Waals surface area contributed by atoms with Crippen LogP contribution in [0, 0.1) is 5.92 Å². The van der Waals surface area contributed by atoms with Crippen molar-refractivity contribution in [3.8, 4) is 0 Å². The van der Waals surface area contributed by atoms with Gasteiger partial charge in [-0.05, 0) is 25.7 Å². The van der Waals surface area contributed by atoms with E-state index in [1.807, 2.05) is 14.2 Å². The molecule has 0 spiro atoms. The molecule has 0 aliphatic rings. The van der Waals surface area contributed by atoms with Crippen molar-refractivity contribution in [2.24, 2.45) is 5.92 Å². The van der Waals surface area contributed by atoms with Crippen molar-refractivity contribution >= 4 is 0 Å². The molecule has 0 rings (SSSR count). The maximum atomic E-state index is 6.07. The highest BCUT2D eigenvalue weighted by molar-refractivity contribution is 4.80. The molecule has 0 bridgehead atoms. The van der Waals surface area contributed by atoms with Crippen LogP contribution in [0.15, 0.2) is 0 Å². The third-order valence-corrected chi connectivity index (χ3v) is 6.50. The quantitative estimate of drug-likeness (QED) is 0.124. The van der Waals surface area contributed by atoms with Gasteiger partial charge in [0.15, 0.2) is 5.79 Å². The van der Waals surface area contributed by atoms with Gasteiger partial charge in [-0.1, -0.05) is 97.3 Å². The van der Waals surface area contributed by atoms with Crippen LogP contribution in [-0.2, 0) is 14.2 Å². The molecule has 0 amide bonds. The maximum absolute atomic E-state index is 6.07. The Bertz CT molecular complexity index is 315. The first-order chi connectivity index (χ1) is 14.2. The molecule has 0 saturated heterocycles. The number of hydrogen-bond acceptors (Lipinski definition) is 3. The van der Waals surface area contributed by atoms with Gasteiger partial charge in [0.25, 0.3) is 0 Å². The Balaban J connectivity index is 4.48. The van der Waals surface area contributed by atoms with E-state index in [4.69, 9.17) is 14.2 Å². The largest absolute Gasteiger partial charge is 0.385 e. The molecule has 3 heteroatoms. The highest BCUT2D eigenvalue weighted by Gasteiger charge is 2.37. The monoisotopic (exact) mass is 414 g/mol.